The van der Waals surface area contributed by atoms with E-state index in [0.29, 0.717) is 87.4 Å². The number of methoxy groups -OCH3 is 1. The summed E-state index contributed by atoms with van der Waals surface area (Å²) in [5.41, 5.74) is 5.84. The molecule has 78 heavy (non-hydrogen) atoms. The van der Waals surface area contributed by atoms with Gasteiger partial charge in [0.25, 0.3) is 0 Å². The van der Waals surface area contributed by atoms with Crippen LogP contribution in [0.3, 0.4) is 0 Å². The first-order valence-corrected chi connectivity index (χ1v) is 27.4. The van der Waals surface area contributed by atoms with Crippen molar-refractivity contribution in [3.8, 4) is 57.5 Å². The number of esters is 1. The van der Waals surface area contributed by atoms with Crippen LogP contribution in [-0.2, 0) is 44.4 Å². The number of unbranched alkanes of at least 4 members (excludes halogenated alkanes) is 4. The SMILES string of the molecule is CCCCOc1ccc(COc2ccc(COc3cc(OCc4ccc(OCc5ccc(OCCCC)cc5)c(OCc5ccc(OCCCC)cc5)c4)cc(C(=O)OC)c3)cc2OCc2ccc(OCCCC)cc2)cc1. The molecule has 7 rings (SSSR count). The van der Waals surface area contributed by atoms with E-state index in [-0.39, 0.29) is 18.8 Å². The van der Waals surface area contributed by atoms with E-state index >= 15 is 0 Å². The van der Waals surface area contributed by atoms with Gasteiger partial charge in [0.15, 0.2) is 23.0 Å². The molecule has 12 nitrogen and oxygen atoms in total. The summed E-state index contributed by atoms with van der Waals surface area (Å²) in [6.45, 7) is 12.9. The molecule has 0 aliphatic rings. The molecule has 412 valence electrons. The van der Waals surface area contributed by atoms with Crippen molar-refractivity contribution in [2.24, 2.45) is 0 Å². The first kappa shape index (κ1) is 57.7. The zero-order chi connectivity index (χ0) is 54.6. The van der Waals surface area contributed by atoms with Crippen LogP contribution in [-0.4, -0.2) is 39.5 Å². The molecule has 0 N–H and O–H groups in total. The third-order valence-electron chi connectivity index (χ3n) is 12.5. The van der Waals surface area contributed by atoms with Gasteiger partial charge in [0.1, 0.15) is 74.1 Å². The molecule has 0 atom stereocenters. The highest BCUT2D eigenvalue weighted by molar-refractivity contribution is 5.90. The van der Waals surface area contributed by atoms with Crippen LogP contribution in [0.2, 0.25) is 0 Å². The largest absolute Gasteiger partial charge is 0.494 e. The summed E-state index contributed by atoms with van der Waals surface area (Å²) < 4.78 is 67.0. The summed E-state index contributed by atoms with van der Waals surface area (Å²) in [7, 11) is 1.34. The minimum absolute atomic E-state index is 0.150. The van der Waals surface area contributed by atoms with Crippen LogP contribution < -0.4 is 47.4 Å². The Hall–Kier alpha value is -7.99. The van der Waals surface area contributed by atoms with E-state index in [1.165, 1.54) is 7.11 Å². The first-order chi connectivity index (χ1) is 38.3. The number of benzene rings is 7. The van der Waals surface area contributed by atoms with Gasteiger partial charge in [-0.2, -0.15) is 0 Å². The van der Waals surface area contributed by atoms with Crippen LogP contribution in [0, 0.1) is 0 Å². The predicted octanol–water partition coefficient (Wildman–Crippen LogP) is 15.7. The van der Waals surface area contributed by atoms with Crippen LogP contribution >= 0.6 is 0 Å². The van der Waals surface area contributed by atoms with Gasteiger partial charge in [-0.05, 0) is 144 Å². The fourth-order valence-corrected chi connectivity index (χ4v) is 7.77. The van der Waals surface area contributed by atoms with Gasteiger partial charge in [0.2, 0.25) is 0 Å². The number of hydrogen-bond acceptors (Lipinski definition) is 12. The Labute approximate surface area is 461 Å². The maximum Gasteiger partial charge on any atom is 0.338 e. The lowest BCUT2D eigenvalue weighted by molar-refractivity contribution is 0.0599. The smallest absolute Gasteiger partial charge is 0.338 e. The fourth-order valence-electron chi connectivity index (χ4n) is 7.77. The Morgan fingerprint density at radius 2 is 0.577 bits per heavy atom. The van der Waals surface area contributed by atoms with Crippen molar-refractivity contribution in [1.82, 2.24) is 0 Å². The number of carbonyl (C=O) groups is 1. The van der Waals surface area contributed by atoms with Gasteiger partial charge in [-0.3, -0.25) is 0 Å². The highest BCUT2D eigenvalue weighted by Gasteiger charge is 2.15. The van der Waals surface area contributed by atoms with E-state index in [4.69, 9.17) is 52.1 Å². The average Bonchev–Trinajstić information content (AvgIpc) is 3.49. The average molecular weight is 1060 g/mol. The molecule has 0 amide bonds. The molecule has 0 aliphatic heterocycles. The normalized spacial score (nSPS) is 10.8. The molecule has 0 heterocycles. The molecule has 12 heteroatoms. The number of rotatable bonds is 35. The van der Waals surface area contributed by atoms with Crippen LogP contribution in [0.1, 0.15) is 123 Å². The summed E-state index contributed by atoms with van der Waals surface area (Å²) in [6.07, 6.45) is 8.31. The Morgan fingerprint density at radius 1 is 0.295 bits per heavy atom. The Bertz CT molecular complexity index is 2660. The first-order valence-electron chi connectivity index (χ1n) is 27.4. The molecular weight excluding hydrogens is 985 g/mol. The Kier molecular flexibility index (Phi) is 23.6. The van der Waals surface area contributed by atoms with Gasteiger partial charge in [-0.25, -0.2) is 4.79 Å². The number of hydrogen-bond donors (Lipinski definition) is 0. The van der Waals surface area contributed by atoms with E-state index < -0.39 is 5.97 Å². The Balaban J connectivity index is 1.04. The molecule has 0 aliphatic carbocycles. The molecule has 0 bridgehead atoms. The highest BCUT2D eigenvalue weighted by atomic mass is 16.5. The minimum atomic E-state index is -0.530. The van der Waals surface area contributed by atoms with Gasteiger partial charge in [0, 0.05) is 6.07 Å². The summed E-state index contributed by atoms with van der Waals surface area (Å²) in [6, 6.07) is 48.2. The zero-order valence-electron chi connectivity index (χ0n) is 46.1. The van der Waals surface area contributed by atoms with Crippen molar-refractivity contribution in [3.63, 3.8) is 0 Å². The molecule has 0 saturated heterocycles. The van der Waals surface area contributed by atoms with Crippen LogP contribution in [0.5, 0.6) is 57.5 Å². The quantitative estimate of drug-likeness (QED) is 0.0278. The second-order valence-electron chi connectivity index (χ2n) is 18.9. The zero-order valence-corrected chi connectivity index (χ0v) is 46.1. The van der Waals surface area contributed by atoms with Crippen LogP contribution in [0.15, 0.2) is 152 Å². The van der Waals surface area contributed by atoms with E-state index in [9.17, 15) is 4.79 Å². The minimum Gasteiger partial charge on any atom is -0.494 e. The van der Waals surface area contributed by atoms with Crippen molar-refractivity contribution >= 4 is 5.97 Å². The molecule has 7 aromatic rings. The van der Waals surface area contributed by atoms with Gasteiger partial charge in [-0.15, -0.1) is 0 Å². The lowest BCUT2D eigenvalue weighted by Crippen LogP contribution is -2.05. The van der Waals surface area contributed by atoms with E-state index in [1.54, 1.807) is 18.2 Å². The van der Waals surface area contributed by atoms with Crippen molar-refractivity contribution in [2.75, 3.05) is 33.5 Å². The monoisotopic (exact) mass is 1060 g/mol. The van der Waals surface area contributed by atoms with Gasteiger partial charge in [-0.1, -0.05) is 114 Å². The van der Waals surface area contributed by atoms with Gasteiger partial charge in [0.05, 0.1) is 39.1 Å². The lowest BCUT2D eigenvalue weighted by atomic mass is 10.1. The third kappa shape index (κ3) is 19.2. The van der Waals surface area contributed by atoms with Crippen LogP contribution in [0.25, 0.3) is 0 Å². The number of ether oxygens (including phenoxy) is 11. The van der Waals surface area contributed by atoms with Crippen molar-refractivity contribution < 1.29 is 56.9 Å². The van der Waals surface area contributed by atoms with Crippen molar-refractivity contribution in [2.45, 2.75) is 119 Å². The molecule has 0 aromatic heterocycles. The Morgan fingerprint density at radius 3 is 0.872 bits per heavy atom. The van der Waals surface area contributed by atoms with Crippen molar-refractivity contribution in [3.05, 3.63) is 191 Å². The molecule has 0 radical (unpaired) electrons. The van der Waals surface area contributed by atoms with E-state index in [0.717, 1.165) is 108 Å². The topological polar surface area (TPSA) is 119 Å². The third-order valence-corrected chi connectivity index (χ3v) is 12.5. The standard InChI is InChI=1S/C66H76O12/c1-6-10-34-69-56-24-14-49(15-25-56)43-75-62-32-22-53(38-64(62)77-45-51-18-28-58(29-19-51)71-36-12-8-3)47-73-60-40-55(66(67)68-5)41-61(42-60)74-48-54-23-33-63(76-44-50-16-26-57(27-17-50)70-35-11-7-2)65(39-54)78-46-52-20-30-59(31-21-52)72-37-13-9-4/h14-33,38-42H,6-13,34-37,43-48H2,1-5H3. The fraction of sp³-hybridized carbons (Fsp3) is 0.348. The second-order valence-corrected chi connectivity index (χ2v) is 18.9. The molecular formula is C66H76O12. The lowest BCUT2D eigenvalue weighted by Gasteiger charge is -2.16. The predicted molar refractivity (Wildman–Crippen MR) is 304 cm³/mol. The van der Waals surface area contributed by atoms with Crippen molar-refractivity contribution in [1.29, 1.82) is 0 Å². The molecule has 7 aromatic carbocycles. The summed E-state index contributed by atoms with van der Waals surface area (Å²) in [5.74, 6) is 5.88. The van der Waals surface area contributed by atoms with Gasteiger partial charge >= 0.3 is 5.97 Å². The van der Waals surface area contributed by atoms with E-state index in [2.05, 4.69) is 27.7 Å². The molecule has 0 saturated carbocycles. The molecule has 0 spiro atoms. The summed E-state index contributed by atoms with van der Waals surface area (Å²) in [4.78, 5) is 13.0. The molecule has 0 fully saturated rings. The summed E-state index contributed by atoms with van der Waals surface area (Å²) in [5, 5.41) is 0. The van der Waals surface area contributed by atoms with E-state index in [1.807, 2.05) is 133 Å². The maximum atomic E-state index is 13.0. The highest BCUT2D eigenvalue weighted by Crippen LogP contribution is 2.34. The van der Waals surface area contributed by atoms with Gasteiger partial charge < -0.3 is 52.1 Å². The maximum absolute atomic E-state index is 13.0. The number of carbonyl (C=O) groups excluding carboxylic acids is 1. The molecule has 0 unspecified atom stereocenters. The second kappa shape index (κ2) is 31.9. The summed E-state index contributed by atoms with van der Waals surface area (Å²) >= 11 is 0. The van der Waals surface area contributed by atoms with Crippen LogP contribution in [0.4, 0.5) is 0 Å².